The van der Waals surface area contributed by atoms with Crippen molar-refractivity contribution < 1.29 is 4.39 Å². The number of benzene rings is 2. The Morgan fingerprint density at radius 1 is 1.14 bits per heavy atom. The van der Waals surface area contributed by atoms with Gasteiger partial charge in [0.2, 0.25) is 0 Å². The van der Waals surface area contributed by atoms with Crippen LogP contribution < -0.4 is 5.73 Å². The monoisotopic (exact) mass is 303 g/mol. The van der Waals surface area contributed by atoms with Gasteiger partial charge in [0.05, 0.1) is 0 Å². The molecule has 2 N–H and O–H groups in total. The first-order valence-electron chi connectivity index (χ1n) is 7.33. The Morgan fingerprint density at radius 2 is 1.90 bits per heavy atom. The smallest absolute Gasteiger partial charge is 0.126 e. The van der Waals surface area contributed by atoms with E-state index in [1.807, 2.05) is 0 Å². The summed E-state index contributed by atoms with van der Waals surface area (Å²) < 4.78 is 14.0. The van der Waals surface area contributed by atoms with Gasteiger partial charge in [0.15, 0.2) is 0 Å². The summed E-state index contributed by atoms with van der Waals surface area (Å²) in [6.45, 7) is 0.563. The number of aryl methyl sites for hydroxylation is 1. The molecule has 2 aromatic rings. The third kappa shape index (κ3) is 2.97. The topological polar surface area (TPSA) is 26.0 Å². The number of fused-ring (bicyclic) bond motifs is 1. The zero-order valence-corrected chi connectivity index (χ0v) is 12.7. The molecule has 1 nitrogen and oxygen atoms in total. The number of hydrogen-bond acceptors (Lipinski definition) is 1. The molecule has 3 rings (SSSR count). The van der Waals surface area contributed by atoms with Crippen LogP contribution in [-0.2, 0) is 19.3 Å². The second-order valence-corrected chi connectivity index (χ2v) is 6.50. The fourth-order valence-corrected chi connectivity index (χ4v) is 3.54. The average molecular weight is 304 g/mol. The Kier molecular flexibility index (Phi) is 4.01. The molecule has 110 valence electrons. The van der Waals surface area contributed by atoms with Crippen LogP contribution in [0, 0.1) is 11.2 Å². The van der Waals surface area contributed by atoms with Gasteiger partial charge in [-0.05, 0) is 72.5 Å². The van der Waals surface area contributed by atoms with E-state index in [2.05, 4.69) is 24.3 Å². The van der Waals surface area contributed by atoms with Crippen LogP contribution in [-0.4, -0.2) is 6.54 Å². The van der Waals surface area contributed by atoms with Crippen molar-refractivity contribution in [3.63, 3.8) is 0 Å². The van der Waals surface area contributed by atoms with Gasteiger partial charge in [0.25, 0.3) is 0 Å². The van der Waals surface area contributed by atoms with Crippen LogP contribution in [0.3, 0.4) is 0 Å². The van der Waals surface area contributed by atoms with E-state index < -0.39 is 0 Å². The SMILES string of the molecule is NCC1(Cc2cc(Cl)ccc2F)CCc2ccccc2C1. The highest BCUT2D eigenvalue weighted by Crippen LogP contribution is 2.38. The summed E-state index contributed by atoms with van der Waals surface area (Å²) >= 11 is 6.01. The molecule has 0 saturated heterocycles. The fraction of sp³-hybridized carbons (Fsp3) is 0.333. The maximum atomic E-state index is 14.0. The highest BCUT2D eigenvalue weighted by Gasteiger charge is 2.34. The van der Waals surface area contributed by atoms with Gasteiger partial charge in [-0.2, -0.15) is 0 Å². The van der Waals surface area contributed by atoms with Crippen LogP contribution in [0.2, 0.25) is 5.02 Å². The molecular weight excluding hydrogens is 285 g/mol. The molecule has 0 fully saturated rings. The minimum Gasteiger partial charge on any atom is -0.330 e. The van der Waals surface area contributed by atoms with Gasteiger partial charge in [-0.1, -0.05) is 35.9 Å². The van der Waals surface area contributed by atoms with Crippen LogP contribution in [0.15, 0.2) is 42.5 Å². The zero-order valence-electron chi connectivity index (χ0n) is 11.9. The van der Waals surface area contributed by atoms with Crippen molar-refractivity contribution in [1.82, 2.24) is 0 Å². The molecule has 0 amide bonds. The average Bonchev–Trinajstić information content (AvgIpc) is 2.51. The van der Waals surface area contributed by atoms with Gasteiger partial charge >= 0.3 is 0 Å². The highest BCUT2D eigenvalue weighted by atomic mass is 35.5. The first kappa shape index (κ1) is 14.6. The van der Waals surface area contributed by atoms with E-state index >= 15 is 0 Å². The highest BCUT2D eigenvalue weighted by molar-refractivity contribution is 6.30. The Balaban J connectivity index is 1.90. The standard InChI is InChI=1S/C18H19ClFN/c19-16-5-6-17(20)15(9-16)11-18(12-21)8-7-13-3-1-2-4-14(13)10-18/h1-6,9H,7-8,10-12,21H2. The molecule has 0 heterocycles. The maximum Gasteiger partial charge on any atom is 0.126 e. The zero-order chi connectivity index (χ0) is 14.9. The first-order valence-corrected chi connectivity index (χ1v) is 7.70. The first-order chi connectivity index (χ1) is 10.1. The van der Waals surface area contributed by atoms with Crippen molar-refractivity contribution in [3.8, 4) is 0 Å². The molecule has 1 unspecified atom stereocenters. The van der Waals surface area contributed by atoms with Crippen molar-refractivity contribution in [2.24, 2.45) is 11.1 Å². The minimum absolute atomic E-state index is 0.0696. The number of rotatable bonds is 3. The van der Waals surface area contributed by atoms with E-state index in [0.717, 1.165) is 19.3 Å². The molecule has 0 aliphatic heterocycles. The van der Waals surface area contributed by atoms with Crippen molar-refractivity contribution in [2.75, 3.05) is 6.54 Å². The molecule has 0 aromatic heterocycles. The van der Waals surface area contributed by atoms with Gasteiger partial charge in [-0.25, -0.2) is 4.39 Å². The Hall–Kier alpha value is -1.38. The largest absolute Gasteiger partial charge is 0.330 e. The Labute approximate surface area is 129 Å². The van der Waals surface area contributed by atoms with E-state index in [4.69, 9.17) is 17.3 Å². The third-order valence-corrected chi connectivity index (χ3v) is 4.85. The lowest BCUT2D eigenvalue weighted by Gasteiger charge is -2.37. The second-order valence-electron chi connectivity index (χ2n) is 6.06. The summed E-state index contributed by atoms with van der Waals surface area (Å²) in [5, 5.41) is 0.579. The predicted octanol–water partition coefficient (Wildman–Crippen LogP) is 4.16. The summed E-state index contributed by atoms with van der Waals surface area (Å²) in [5.41, 5.74) is 9.42. The van der Waals surface area contributed by atoms with Gasteiger partial charge in [-0.15, -0.1) is 0 Å². The maximum absolute atomic E-state index is 14.0. The molecule has 1 aliphatic carbocycles. The van der Waals surface area contributed by atoms with E-state index in [1.54, 1.807) is 12.1 Å². The van der Waals surface area contributed by atoms with Crippen LogP contribution in [0.25, 0.3) is 0 Å². The molecule has 0 spiro atoms. The normalized spacial score (nSPS) is 21.1. The predicted molar refractivity (Wildman–Crippen MR) is 85.1 cm³/mol. The molecule has 2 aromatic carbocycles. The minimum atomic E-state index is -0.189. The molecule has 0 bridgehead atoms. The Bertz CT molecular complexity index is 655. The van der Waals surface area contributed by atoms with Gasteiger partial charge < -0.3 is 5.73 Å². The number of nitrogens with two attached hydrogens (primary N) is 1. The van der Waals surface area contributed by atoms with E-state index in [9.17, 15) is 4.39 Å². The van der Waals surface area contributed by atoms with E-state index in [-0.39, 0.29) is 11.2 Å². The summed E-state index contributed by atoms with van der Waals surface area (Å²) in [6, 6.07) is 13.2. The van der Waals surface area contributed by atoms with Crippen molar-refractivity contribution in [1.29, 1.82) is 0 Å². The summed E-state index contributed by atoms with van der Waals surface area (Å²) in [7, 11) is 0. The van der Waals surface area contributed by atoms with Crippen LogP contribution >= 0.6 is 11.6 Å². The van der Waals surface area contributed by atoms with Gasteiger partial charge in [0.1, 0.15) is 5.82 Å². The lowest BCUT2D eigenvalue weighted by molar-refractivity contribution is 0.251. The van der Waals surface area contributed by atoms with Gasteiger partial charge in [0, 0.05) is 5.02 Å². The lowest BCUT2D eigenvalue weighted by atomic mass is 9.68. The molecular formula is C18H19ClFN. The van der Waals surface area contributed by atoms with E-state index in [0.29, 0.717) is 23.6 Å². The summed E-state index contributed by atoms with van der Waals surface area (Å²) in [6.07, 6.45) is 3.55. The summed E-state index contributed by atoms with van der Waals surface area (Å²) in [5.74, 6) is -0.189. The number of hydrogen-bond donors (Lipinski definition) is 1. The molecule has 0 radical (unpaired) electrons. The molecule has 0 saturated carbocycles. The molecule has 3 heteroatoms. The Morgan fingerprint density at radius 3 is 2.67 bits per heavy atom. The van der Waals surface area contributed by atoms with Gasteiger partial charge in [-0.3, -0.25) is 0 Å². The van der Waals surface area contributed by atoms with Crippen molar-refractivity contribution in [3.05, 3.63) is 70.0 Å². The third-order valence-electron chi connectivity index (χ3n) is 4.61. The number of halogens is 2. The second kappa shape index (κ2) is 5.78. The lowest BCUT2D eigenvalue weighted by Crippen LogP contribution is -2.38. The molecule has 1 atom stereocenters. The van der Waals surface area contributed by atoms with Crippen LogP contribution in [0.5, 0.6) is 0 Å². The molecule has 1 aliphatic rings. The van der Waals surface area contributed by atoms with Crippen molar-refractivity contribution >= 4 is 11.6 Å². The quantitative estimate of drug-likeness (QED) is 0.905. The van der Waals surface area contributed by atoms with E-state index in [1.165, 1.54) is 17.2 Å². The fourth-order valence-electron chi connectivity index (χ4n) is 3.35. The molecule has 21 heavy (non-hydrogen) atoms. The van der Waals surface area contributed by atoms with Crippen LogP contribution in [0.4, 0.5) is 4.39 Å². The van der Waals surface area contributed by atoms with Crippen molar-refractivity contribution in [2.45, 2.75) is 25.7 Å². The summed E-state index contributed by atoms with van der Waals surface area (Å²) in [4.78, 5) is 0. The van der Waals surface area contributed by atoms with Crippen LogP contribution in [0.1, 0.15) is 23.1 Å².